The van der Waals surface area contributed by atoms with Gasteiger partial charge in [-0.05, 0) is 38.0 Å². The van der Waals surface area contributed by atoms with Crippen LogP contribution in [-0.4, -0.2) is 25.5 Å². The van der Waals surface area contributed by atoms with Crippen molar-refractivity contribution in [2.45, 2.75) is 42.9 Å². The van der Waals surface area contributed by atoms with E-state index in [1.54, 1.807) is 13.8 Å². The lowest BCUT2D eigenvalue weighted by Crippen LogP contribution is -2.35. The molecule has 2 unspecified atom stereocenters. The van der Waals surface area contributed by atoms with Gasteiger partial charge in [0.15, 0.2) is 9.84 Å². The Balaban J connectivity index is 2.37. The summed E-state index contributed by atoms with van der Waals surface area (Å²) >= 11 is 3.55. The number of hydrogen-bond acceptors (Lipinski definition) is 3. The predicted octanol–water partition coefficient (Wildman–Crippen LogP) is 3.27. The molecule has 0 saturated heterocycles. The van der Waals surface area contributed by atoms with Crippen molar-refractivity contribution in [1.29, 1.82) is 0 Å². The Kier molecular flexibility index (Phi) is 3.73. The lowest BCUT2D eigenvalue weighted by molar-refractivity contribution is 0.254. The molecule has 1 aliphatic heterocycles. The summed E-state index contributed by atoms with van der Waals surface area (Å²) in [7, 11) is -3.15. The molecule has 1 aliphatic rings. The van der Waals surface area contributed by atoms with Crippen LogP contribution >= 0.6 is 15.9 Å². The zero-order valence-electron chi connectivity index (χ0n) is 11.6. The van der Waals surface area contributed by atoms with Crippen molar-refractivity contribution in [3.63, 3.8) is 0 Å². The van der Waals surface area contributed by atoms with Gasteiger partial charge < -0.3 is 4.74 Å². The number of sulfone groups is 1. The normalized spacial score (nSPS) is 20.8. The van der Waals surface area contributed by atoms with E-state index in [9.17, 15) is 8.42 Å². The topological polar surface area (TPSA) is 43.4 Å². The van der Waals surface area contributed by atoms with Crippen LogP contribution < -0.4 is 4.74 Å². The molecule has 5 heteroatoms. The number of halogens is 1. The second kappa shape index (κ2) is 4.77. The molecule has 3 nitrogen and oxygen atoms in total. The third-order valence-electron chi connectivity index (χ3n) is 3.78. The van der Waals surface area contributed by atoms with E-state index in [-0.39, 0.29) is 10.9 Å². The third kappa shape index (κ3) is 2.68. The van der Waals surface area contributed by atoms with Crippen molar-refractivity contribution in [3.8, 4) is 5.75 Å². The smallest absolute Gasteiger partial charge is 0.154 e. The third-order valence-corrected chi connectivity index (χ3v) is 7.90. The summed E-state index contributed by atoms with van der Waals surface area (Å²) in [6, 6.07) is 5.91. The van der Waals surface area contributed by atoms with Crippen LogP contribution in [0.1, 0.15) is 36.7 Å². The van der Waals surface area contributed by atoms with Gasteiger partial charge in [-0.2, -0.15) is 0 Å². The molecule has 1 aromatic rings. The summed E-state index contributed by atoms with van der Waals surface area (Å²) < 4.78 is 28.6. The monoisotopic (exact) mass is 346 g/mol. The van der Waals surface area contributed by atoms with Crippen LogP contribution in [0.3, 0.4) is 0 Å². The molecule has 0 aromatic heterocycles. The predicted molar refractivity (Wildman–Crippen MR) is 80.8 cm³/mol. The Morgan fingerprint density at radius 1 is 1.42 bits per heavy atom. The number of alkyl halides is 1. The second-order valence-electron chi connectivity index (χ2n) is 5.74. The van der Waals surface area contributed by atoms with Crippen molar-refractivity contribution < 1.29 is 13.2 Å². The largest absolute Gasteiger partial charge is 0.490 e. The zero-order chi connectivity index (χ0) is 14.4. The number of ether oxygens (including phenoxy) is 1. The SMILES string of the molecule is CC1Cc2cc(C(Br)C(C)(C)S(C)(=O)=O)ccc2O1. The average molecular weight is 347 g/mol. The maximum Gasteiger partial charge on any atom is 0.154 e. The highest BCUT2D eigenvalue weighted by molar-refractivity contribution is 9.09. The maximum absolute atomic E-state index is 11.9. The van der Waals surface area contributed by atoms with E-state index < -0.39 is 14.6 Å². The van der Waals surface area contributed by atoms with Gasteiger partial charge in [-0.25, -0.2) is 8.42 Å². The standard InChI is InChI=1S/C14H19BrO3S/c1-9-7-11-8-10(5-6-12(11)18-9)13(15)14(2,3)19(4,16)17/h5-6,8-9,13H,7H2,1-4H3. The second-order valence-corrected chi connectivity index (χ2v) is 9.25. The van der Waals surface area contributed by atoms with Crippen LogP contribution in [0.2, 0.25) is 0 Å². The molecule has 0 bridgehead atoms. The Morgan fingerprint density at radius 3 is 2.63 bits per heavy atom. The fourth-order valence-electron chi connectivity index (χ4n) is 2.19. The zero-order valence-corrected chi connectivity index (χ0v) is 14.0. The van der Waals surface area contributed by atoms with E-state index in [1.807, 2.05) is 25.1 Å². The molecule has 0 N–H and O–H groups in total. The highest BCUT2D eigenvalue weighted by atomic mass is 79.9. The minimum atomic E-state index is -3.15. The molecule has 0 fully saturated rings. The summed E-state index contributed by atoms with van der Waals surface area (Å²) in [5.74, 6) is 0.910. The van der Waals surface area contributed by atoms with Crippen LogP contribution in [0, 0.1) is 0 Å². The summed E-state index contributed by atoms with van der Waals surface area (Å²) in [6.07, 6.45) is 2.35. The lowest BCUT2D eigenvalue weighted by Gasteiger charge is -2.29. The number of fused-ring (bicyclic) bond motifs is 1. The first-order chi connectivity index (χ1) is 8.63. The quantitative estimate of drug-likeness (QED) is 0.789. The molecule has 106 valence electrons. The molecule has 0 radical (unpaired) electrons. The molecule has 0 aliphatic carbocycles. The van der Waals surface area contributed by atoms with Gasteiger partial charge in [0.05, 0.1) is 9.57 Å². The fourth-order valence-corrected chi connectivity index (χ4v) is 4.00. The fraction of sp³-hybridized carbons (Fsp3) is 0.571. The molecule has 1 heterocycles. The Morgan fingerprint density at radius 2 is 2.05 bits per heavy atom. The maximum atomic E-state index is 11.9. The molecule has 0 spiro atoms. The van der Waals surface area contributed by atoms with E-state index in [0.29, 0.717) is 0 Å². The van der Waals surface area contributed by atoms with Crippen LogP contribution in [-0.2, 0) is 16.3 Å². The minimum Gasteiger partial charge on any atom is -0.490 e. The van der Waals surface area contributed by atoms with Crippen molar-refractivity contribution in [2.75, 3.05) is 6.26 Å². The Bertz CT molecular complexity index is 593. The van der Waals surface area contributed by atoms with Crippen molar-refractivity contribution >= 4 is 25.8 Å². The van der Waals surface area contributed by atoms with E-state index >= 15 is 0 Å². The molecular formula is C14H19BrO3S. The molecular weight excluding hydrogens is 328 g/mol. The van der Waals surface area contributed by atoms with Gasteiger partial charge in [0.25, 0.3) is 0 Å². The van der Waals surface area contributed by atoms with Crippen LogP contribution in [0.25, 0.3) is 0 Å². The molecule has 0 amide bonds. The Hall–Kier alpha value is -0.550. The van der Waals surface area contributed by atoms with Crippen LogP contribution in [0.5, 0.6) is 5.75 Å². The average Bonchev–Trinajstić information content (AvgIpc) is 2.65. The van der Waals surface area contributed by atoms with E-state index in [1.165, 1.54) is 6.26 Å². The van der Waals surface area contributed by atoms with Gasteiger partial charge in [-0.1, -0.05) is 28.1 Å². The van der Waals surface area contributed by atoms with E-state index in [2.05, 4.69) is 15.9 Å². The first-order valence-electron chi connectivity index (χ1n) is 6.26. The van der Waals surface area contributed by atoms with Gasteiger partial charge in [-0.15, -0.1) is 0 Å². The van der Waals surface area contributed by atoms with E-state index in [4.69, 9.17) is 4.74 Å². The van der Waals surface area contributed by atoms with Crippen molar-refractivity contribution in [2.24, 2.45) is 0 Å². The summed E-state index contributed by atoms with van der Waals surface area (Å²) in [6.45, 7) is 5.52. The van der Waals surface area contributed by atoms with Gasteiger partial charge in [0, 0.05) is 12.7 Å². The number of benzene rings is 1. The molecule has 2 atom stereocenters. The molecule has 1 aromatic carbocycles. The molecule has 0 saturated carbocycles. The molecule has 19 heavy (non-hydrogen) atoms. The van der Waals surface area contributed by atoms with Crippen LogP contribution in [0.15, 0.2) is 18.2 Å². The molecule has 2 rings (SSSR count). The van der Waals surface area contributed by atoms with E-state index in [0.717, 1.165) is 23.3 Å². The number of hydrogen-bond donors (Lipinski definition) is 0. The first kappa shape index (κ1) is 14.9. The summed E-state index contributed by atoms with van der Waals surface area (Å²) in [5, 5.41) is 0. The lowest BCUT2D eigenvalue weighted by atomic mass is 9.98. The highest BCUT2D eigenvalue weighted by Gasteiger charge is 2.38. The van der Waals surface area contributed by atoms with Crippen molar-refractivity contribution in [3.05, 3.63) is 29.3 Å². The van der Waals surface area contributed by atoms with Gasteiger partial charge in [0.1, 0.15) is 11.9 Å². The van der Waals surface area contributed by atoms with Gasteiger partial charge >= 0.3 is 0 Å². The highest BCUT2D eigenvalue weighted by Crippen LogP contribution is 2.41. The Labute approximate surface area is 123 Å². The summed E-state index contributed by atoms with van der Waals surface area (Å²) in [5.41, 5.74) is 2.13. The van der Waals surface area contributed by atoms with Gasteiger partial charge in [0.2, 0.25) is 0 Å². The number of rotatable bonds is 3. The van der Waals surface area contributed by atoms with Gasteiger partial charge in [-0.3, -0.25) is 0 Å². The van der Waals surface area contributed by atoms with Crippen molar-refractivity contribution in [1.82, 2.24) is 0 Å². The summed E-state index contributed by atoms with van der Waals surface area (Å²) in [4.78, 5) is -0.240. The van der Waals surface area contributed by atoms with Crippen LogP contribution in [0.4, 0.5) is 0 Å². The minimum absolute atomic E-state index is 0.196. The first-order valence-corrected chi connectivity index (χ1v) is 9.07.